The van der Waals surface area contributed by atoms with Crippen LogP contribution in [0.1, 0.15) is 39.4 Å². The van der Waals surface area contributed by atoms with E-state index >= 15 is 0 Å². The molecular weight excluding hydrogens is 258 g/mol. The monoisotopic (exact) mass is 277 g/mol. The predicted octanol–water partition coefficient (Wildman–Crippen LogP) is 2.02. The van der Waals surface area contributed by atoms with Crippen LogP contribution in [0, 0.1) is 10.8 Å². The summed E-state index contributed by atoms with van der Waals surface area (Å²) in [6.45, 7) is 6.08. The van der Waals surface area contributed by atoms with E-state index in [1.165, 1.54) is 0 Å². The number of ether oxygens (including phenoxy) is 1. The summed E-state index contributed by atoms with van der Waals surface area (Å²) in [5.74, 6) is 0.188. The van der Waals surface area contributed by atoms with Gasteiger partial charge in [-0.05, 0) is 31.9 Å². The molecule has 1 saturated heterocycles. The molecule has 1 aliphatic heterocycles. The number of amides is 1. The van der Waals surface area contributed by atoms with E-state index in [-0.39, 0.29) is 11.9 Å². The molecule has 1 aliphatic carbocycles. The minimum absolute atomic E-state index is 0.228. The Morgan fingerprint density at radius 2 is 2.10 bits per heavy atom. The molecule has 2 heterocycles. The molecule has 0 aromatic carbocycles. The Morgan fingerprint density at radius 3 is 2.60 bits per heavy atom. The van der Waals surface area contributed by atoms with Crippen molar-refractivity contribution in [2.45, 2.75) is 45.8 Å². The predicted molar refractivity (Wildman–Crippen MR) is 70.5 cm³/mol. The van der Waals surface area contributed by atoms with Gasteiger partial charge < -0.3 is 14.5 Å². The van der Waals surface area contributed by atoms with Crippen molar-refractivity contribution in [2.75, 3.05) is 0 Å². The molecule has 20 heavy (non-hydrogen) atoms. The van der Waals surface area contributed by atoms with Gasteiger partial charge >= 0.3 is 5.97 Å². The molecule has 2 aliphatic rings. The maximum Gasteiger partial charge on any atom is 0.313 e. The standard InChI is InChI=1S/C15H19NO4/c1-13(2)14(3)6-7-15(13,20-12(14)18)11(17)16-9-10-5-4-8-19-10/h4-5,8H,6-7,9H2,1-3H3,(H,16,17)/t14-,15+/m1/s1. The van der Waals surface area contributed by atoms with Crippen molar-refractivity contribution >= 4 is 11.9 Å². The molecule has 1 aromatic rings. The summed E-state index contributed by atoms with van der Waals surface area (Å²) in [4.78, 5) is 24.7. The van der Waals surface area contributed by atoms with Gasteiger partial charge in [0.1, 0.15) is 5.76 Å². The summed E-state index contributed by atoms with van der Waals surface area (Å²) in [7, 11) is 0. The fourth-order valence-corrected chi connectivity index (χ4v) is 3.47. The molecule has 2 atom stereocenters. The average molecular weight is 277 g/mol. The highest BCUT2D eigenvalue weighted by Gasteiger charge is 2.75. The van der Waals surface area contributed by atoms with Crippen LogP contribution < -0.4 is 5.32 Å². The van der Waals surface area contributed by atoms with E-state index in [0.29, 0.717) is 25.1 Å². The summed E-state index contributed by atoms with van der Waals surface area (Å²) in [5.41, 5.74) is -2.13. The second kappa shape index (κ2) is 3.87. The van der Waals surface area contributed by atoms with Gasteiger partial charge in [0.15, 0.2) is 5.60 Å². The summed E-state index contributed by atoms with van der Waals surface area (Å²) in [5, 5.41) is 2.83. The van der Waals surface area contributed by atoms with Gasteiger partial charge in [-0.3, -0.25) is 9.59 Å². The Morgan fingerprint density at radius 1 is 1.35 bits per heavy atom. The highest BCUT2D eigenvalue weighted by atomic mass is 16.6. The molecule has 0 unspecified atom stereocenters. The highest BCUT2D eigenvalue weighted by molar-refractivity contribution is 5.96. The highest BCUT2D eigenvalue weighted by Crippen LogP contribution is 2.65. The van der Waals surface area contributed by atoms with Crippen LogP contribution >= 0.6 is 0 Å². The summed E-state index contributed by atoms with van der Waals surface area (Å²) in [6, 6.07) is 3.56. The molecule has 1 N–H and O–H groups in total. The van der Waals surface area contributed by atoms with Crippen molar-refractivity contribution in [3.63, 3.8) is 0 Å². The molecule has 0 radical (unpaired) electrons. The Bertz CT molecular complexity index is 562. The van der Waals surface area contributed by atoms with E-state index in [2.05, 4.69) is 5.32 Å². The number of carbonyl (C=O) groups is 2. The van der Waals surface area contributed by atoms with E-state index in [4.69, 9.17) is 9.15 Å². The van der Waals surface area contributed by atoms with E-state index in [9.17, 15) is 9.59 Å². The second-order valence-electron chi connectivity index (χ2n) is 6.44. The van der Waals surface area contributed by atoms with Gasteiger partial charge in [-0.1, -0.05) is 13.8 Å². The molecule has 1 aromatic heterocycles. The molecular formula is C15H19NO4. The van der Waals surface area contributed by atoms with E-state index in [1.807, 2.05) is 20.8 Å². The molecule has 2 fully saturated rings. The zero-order valence-electron chi connectivity index (χ0n) is 12.0. The fourth-order valence-electron chi connectivity index (χ4n) is 3.47. The third-order valence-corrected chi connectivity index (χ3v) is 5.45. The minimum atomic E-state index is -1.05. The quantitative estimate of drug-likeness (QED) is 0.858. The Hall–Kier alpha value is -1.78. The first-order valence-corrected chi connectivity index (χ1v) is 6.88. The molecule has 1 saturated carbocycles. The normalized spacial score (nSPS) is 34.0. The third kappa shape index (κ3) is 1.38. The average Bonchev–Trinajstić information content (AvgIpc) is 3.01. The van der Waals surface area contributed by atoms with Gasteiger partial charge in [0.25, 0.3) is 5.91 Å². The maximum atomic E-state index is 12.6. The number of esters is 1. The van der Waals surface area contributed by atoms with Crippen LogP contribution in [0.3, 0.4) is 0 Å². The molecule has 108 valence electrons. The van der Waals surface area contributed by atoms with Crippen molar-refractivity contribution in [1.82, 2.24) is 5.32 Å². The fraction of sp³-hybridized carbons (Fsp3) is 0.600. The lowest BCUT2D eigenvalue weighted by Crippen LogP contribution is -2.53. The first kappa shape index (κ1) is 13.2. The van der Waals surface area contributed by atoms with Crippen molar-refractivity contribution < 1.29 is 18.7 Å². The number of carbonyl (C=O) groups excluding carboxylic acids is 2. The number of hydrogen-bond donors (Lipinski definition) is 1. The van der Waals surface area contributed by atoms with Gasteiger partial charge in [-0.2, -0.15) is 0 Å². The summed E-state index contributed by atoms with van der Waals surface area (Å²) in [6.07, 6.45) is 2.82. The molecule has 5 heteroatoms. The van der Waals surface area contributed by atoms with Crippen LogP contribution in [-0.2, 0) is 20.9 Å². The van der Waals surface area contributed by atoms with Gasteiger partial charge in [-0.15, -0.1) is 0 Å². The summed E-state index contributed by atoms with van der Waals surface area (Å²) < 4.78 is 10.7. The minimum Gasteiger partial charge on any atom is -0.467 e. The number of hydrogen-bond acceptors (Lipinski definition) is 4. The smallest absolute Gasteiger partial charge is 0.313 e. The molecule has 2 bridgehead atoms. The zero-order valence-corrected chi connectivity index (χ0v) is 12.0. The summed E-state index contributed by atoms with van der Waals surface area (Å²) >= 11 is 0. The number of fused-ring (bicyclic) bond motifs is 2. The van der Waals surface area contributed by atoms with E-state index in [0.717, 1.165) is 0 Å². The lowest BCUT2D eigenvalue weighted by Gasteiger charge is -2.35. The lowest BCUT2D eigenvalue weighted by atomic mass is 9.66. The Kier molecular flexibility index (Phi) is 2.56. The third-order valence-electron chi connectivity index (χ3n) is 5.45. The van der Waals surface area contributed by atoms with Gasteiger partial charge in [0.05, 0.1) is 18.2 Å². The second-order valence-corrected chi connectivity index (χ2v) is 6.44. The zero-order chi connectivity index (χ0) is 14.6. The topological polar surface area (TPSA) is 68.5 Å². The number of nitrogens with one attached hydrogen (secondary N) is 1. The first-order valence-electron chi connectivity index (χ1n) is 6.88. The maximum absolute atomic E-state index is 12.6. The first-order chi connectivity index (χ1) is 9.33. The number of rotatable bonds is 3. The molecule has 5 nitrogen and oxygen atoms in total. The lowest BCUT2D eigenvalue weighted by molar-refractivity contribution is -0.168. The Labute approximate surface area is 117 Å². The van der Waals surface area contributed by atoms with Gasteiger partial charge in [-0.25, -0.2) is 0 Å². The van der Waals surface area contributed by atoms with Crippen LogP contribution in [0.2, 0.25) is 0 Å². The van der Waals surface area contributed by atoms with Crippen LogP contribution in [0.15, 0.2) is 22.8 Å². The van der Waals surface area contributed by atoms with Crippen LogP contribution in [0.5, 0.6) is 0 Å². The van der Waals surface area contributed by atoms with Crippen LogP contribution in [0.4, 0.5) is 0 Å². The van der Waals surface area contributed by atoms with E-state index < -0.39 is 16.4 Å². The molecule has 3 rings (SSSR count). The molecule has 1 amide bonds. The number of furan rings is 1. The molecule has 0 spiro atoms. The largest absolute Gasteiger partial charge is 0.467 e. The van der Waals surface area contributed by atoms with Crippen molar-refractivity contribution in [2.24, 2.45) is 10.8 Å². The Balaban J connectivity index is 1.82. The van der Waals surface area contributed by atoms with Crippen molar-refractivity contribution in [1.29, 1.82) is 0 Å². The van der Waals surface area contributed by atoms with E-state index in [1.54, 1.807) is 18.4 Å². The van der Waals surface area contributed by atoms with Crippen molar-refractivity contribution in [3.05, 3.63) is 24.2 Å². The SMILES string of the molecule is CC1(C)[C@@]2(C(=O)NCc3ccco3)CC[C@]1(C)C(=O)O2. The van der Waals surface area contributed by atoms with Gasteiger partial charge in [0, 0.05) is 5.41 Å². The van der Waals surface area contributed by atoms with Gasteiger partial charge in [0.2, 0.25) is 0 Å². The van der Waals surface area contributed by atoms with Crippen LogP contribution in [-0.4, -0.2) is 17.5 Å². The van der Waals surface area contributed by atoms with Crippen molar-refractivity contribution in [3.8, 4) is 0 Å². The van der Waals surface area contributed by atoms with Crippen LogP contribution in [0.25, 0.3) is 0 Å².